The highest BCUT2D eigenvalue weighted by Crippen LogP contribution is 2.33. The van der Waals surface area contributed by atoms with Crippen LogP contribution in [0.2, 0.25) is 0 Å². The molecule has 8 heteroatoms. The number of rotatable bonds is 8. The normalized spacial score (nSPS) is 16.8. The van der Waals surface area contributed by atoms with Crippen molar-refractivity contribution in [3.05, 3.63) is 47.8 Å². The Morgan fingerprint density at radius 2 is 2.12 bits per heavy atom. The van der Waals surface area contributed by atoms with Crippen LogP contribution in [0.5, 0.6) is 11.5 Å². The zero-order valence-electron chi connectivity index (χ0n) is 19.0. The number of nitrogens with zero attached hydrogens (tertiary/aromatic N) is 4. The maximum absolute atomic E-state index is 11.2. The van der Waals surface area contributed by atoms with Crippen molar-refractivity contribution in [1.82, 2.24) is 25.0 Å². The van der Waals surface area contributed by atoms with E-state index in [0.29, 0.717) is 19.0 Å². The summed E-state index contributed by atoms with van der Waals surface area (Å²) in [6.07, 6.45) is 4.00. The van der Waals surface area contributed by atoms with Crippen LogP contribution >= 0.6 is 0 Å². The van der Waals surface area contributed by atoms with E-state index in [1.165, 1.54) is 6.92 Å². The summed E-state index contributed by atoms with van der Waals surface area (Å²) < 4.78 is 12.9. The summed E-state index contributed by atoms with van der Waals surface area (Å²) >= 11 is 0. The molecule has 1 amide bonds. The van der Waals surface area contributed by atoms with E-state index in [-0.39, 0.29) is 5.91 Å². The quantitative estimate of drug-likeness (QED) is 0.584. The molecule has 2 aromatic heterocycles. The summed E-state index contributed by atoms with van der Waals surface area (Å²) in [5.74, 6) is 2.01. The first-order valence-corrected chi connectivity index (χ1v) is 11.1. The van der Waals surface area contributed by atoms with Crippen LogP contribution in [0.15, 0.2) is 36.5 Å². The summed E-state index contributed by atoms with van der Waals surface area (Å²) in [4.78, 5) is 18.3. The van der Waals surface area contributed by atoms with Crippen LogP contribution in [0, 0.1) is 0 Å². The van der Waals surface area contributed by atoms with Gasteiger partial charge in [0.2, 0.25) is 5.91 Å². The molecule has 32 heavy (non-hydrogen) atoms. The van der Waals surface area contributed by atoms with Crippen molar-refractivity contribution in [3.8, 4) is 11.5 Å². The summed E-state index contributed by atoms with van der Waals surface area (Å²) in [5, 5.41) is 8.89. The molecule has 3 aromatic rings. The van der Waals surface area contributed by atoms with Gasteiger partial charge in [-0.05, 0) is 49.7 Å². The highest BCUT2D eigenvalue weighted by molar-refractivity contribution is 5.79. The van der Waals surface area contributed by atoms with Crippen molar-refractivity contribution in [3.63, 3.8) is 0 Å². The number of amides is 1. The molecule has 0 aliphatic carbocycles. The number of carbonyl (C=O) groups is 1. The lowest BCUT2D eigenvalue weighted by molar-refractivity contribution is -0.118. The molecule has 1 atom stereocenters. The maximum atomic E-state index is 11.2. The average molecular weight is 438 g/mol. The highest BCUT2D eigenvalue weighted by atomic mass is 16.5. The summed E-state index contributed by atoms with van der Waals surface area (Å²) in [6, 6.07) is 10.0. The number of fused-ring (bicyclic) bond motifs is 1. The van der Waals surface area contributed by atoms with Gasteiger partial charge in [0.1, 0.15) is 11.5 Å². The largest absolute Gasteiger partial charge is 0.497 e. The number of benzene rings is 1. The van der Waals surface area contributed by atoms with Gasteiger partial charge in [0.05, 0.1) is 26.5 Å². The third-order valence-corrected chi connectivity index (χ3v) is 6.01. The van der Waals surface area contributed by atoms with Crippen LogP contribution in [0.3, 0.4) is 0 Å². The average Bonchev–Trinajstić information content (AvgIpc) is 3.18. The van der Waals surface area contributed by atoms with Gasteiger partial charge in [-0.25, -0.2) is 9.67 Å². The molecule has 1 aliphatic rings. The van der Waals surface area contributed by atoms with Crippen LogP contribution in [-0.4, -0.2) is 59.4 Å². The van der Waals surface area contributed by atoms with Crippen molar-refractivity contribution in [2.75, 3.05) is 33.9 Å². The van der Waals surface area contributed by atoms with Crippen LogP contribution in [0.25, 0.3) is 11.0 Å². The minimum Gasteiger partial charge on any atom is -0.497 e. The number of piperidine rings is 1. The van der Waals surface area contributed by atoms with Gasteiger partial charge in [-0.1, -0.05) is 0 Å². The molecule has 1 aliphatic heterocycles. The maximum Gasteiger partial charge on any atom is 0.216 e. The number of carbonyl (C=O) groups excluding carboxylic acids is 1. The van der Waals surface area contributed by atoms with E-state index in [4.69, 9.17) is 14.6 Å². The number of nitrogens with one attached hydrogen (secondary N) is 1. The Balaban J connectivity index is 1.54. The first-order valence-electron chi connectivity index (χ1n) is 11.1. The minimum atomic E-state index is -0.0365. The SMILES string of the molecule is COc1ccc(OC)c(CN2CCC[C@@H](c3nn(CCNC(C)=O)c4ncccc34)C2)c1. The van der Waals surface area contributed by atoms with E-state index in [9.17, 15) is 4.79 Å². The smallest absolute Gasteiger partial charge is 0.216 e. The minimum absolute atomic E-state index is 0.0365. The molecular weight excluding hydrogens is 406 g/mol. The second-order valence-corrected chi connectivity index (χ2v) is 8.22. The predicted molar refractivity (Wildman–Crippen MR) is 123 cm³/mol. The molecule has 8 nitrogen and oxygen atoms in total. The summed E-state index contributed by atoms with van der Waals surface area (Å²) in [7, 11) is 3.39. The Kier molecular flexibility index (Phi) is 6.90. The summed E-state index contributed by atoms with van der Waals surface area (Å²) in [5.41, 5.74) is 3.09. The molecule has 0 unspecified atom stereocenters. The van der Waals surface area contributed by atoms with E-state index in [0.717, 1.165) is 66.3 Å². The van der Waals surface area contributed by atoms with E-state index >= 15 is 0 Å². The lowest BCUT2D eigenvalue weighted by Gasteiger charge is -2.32. The summed E-state index contributed by atoms with van der Waals surface area (Å²) in [6.45, 7) is 5.43. The molecule has 1 N–H and O–H groups in total. The zero-order valence-corrected chi connectivity index (χ0v) is 19.0. The Hall–Kier alpha value is -3.13. The zero-order chi connectivity index (χ0) is 22.5. The first-order chi connectivity index (χ1) is 15.6. The highest BCUT2D eigenvalue weighted by Gasteiger charge is 2.27. The van der Waals surface area contributed by atoms with Crippen LogP contribution in [-0.2, 0) is 17.9 Å². The van der Waals surface area contributed by atoms with Crippen molar-refractivity contribution < 1.29 is 14.3 Å². The van der Waals surface area contributed by atoms with Crippen molar-refractivity contribution in [2.24, 2.45) is 0 Å². The topological polar surface area (TPSA) is 81.5 Å². The molecule has 4 rings (SSSR count). The number of methoxy groups -OCH3 is 2. The van der Waals surface area contributed by atoms with Gasteiger partial charge in [-0.2, -0.15) is 5.10 Å². The van der Waals surface area contributed by atoms with Crippen molar-refractivity contribution >= 4 is 16.9 Å². The molecule has 0 bridgehead atoms. The number of likely N-dealkylation sites (tertiary alicyclic amines) is 1. The third kappa shape index (κ3) is 4.85. The van der Waals surface area contributed by atoms with Gasteiger partial charge < -0.3 is 14.8 Å². The molecule has 0 radical (unpaired) electrons. The van der Waals surface area contributed by atoms with Crippen molar-refractivity contribution in [1.29, 1.82) is 0 Å². The molecule has 3 heterocycles. The molecule has 1 aromatic carbocycles. The lowest BCUT2D eigenvalue weighted by atomic mass is 9.93. The van der Waals surface area contributed by atoms with Gasteiger partial charge in [0, 0.05) is 49.6 Å². The molecule has 1 saturated heterocycles. The molecule has 0 saturated carbocycles. The van der Waals surface area contributed by atoms with Gasteiger partial charge in [-0.15, -0.1) is 0 Å². The van der Waals surface area contributed by atoms with Crippen LogP contribution < -0.4 is 14.8 Å². The third-order valence-electron chi connectivity index (χ3n) is 6.01. The molecule has 1 fully saturated rings. The lowest BCUT2D eigenvalue weighted by Crippen LogP contribution is -2.34. The monoisotopic (exact) mass is 437 g/mol. The Bertz CT molecular complexity index is 1080. The fraction of sp³-hybridized carbons (Fsp3) is 0.458. The van der Waals surface area contributed by atoms with Crippen LogP contribution in [0.4, 0.5) is 0 Å². The van der Waals surface area contributed by atoms with E-state index in [1.807, 2.05) is 22.9 Å². The van der Waals surface area contributed by atoms with Gasteiger partial charge in [-0.3, -0.25) is 9.69 Å². The van der Waals surface area contributed by atoms with Gasteiger partial charge >= 0.3 is 0 Å². The number of hydrogen-bond acceptors (Lipinski definition) is 6. The fourth-order valence-corrected chi connectivity index (χ4v) is 4.50. The second-order valence-electron chi connectivity index (χ2n) is 8.22. The molecular formula is C24H31N5O3. The first kappa shape index (κ1) is 22.1. The Labute approximate surface area is 188 Å². The number of hydrogen-bond donors (Lipinski definition) is 1. The Morgan fingerprint density at radius 3 is 2.91 bits per heavy atom. The number of aromatic nitrogens is 3. The molecule has 0 spiro atoms. The standard InChI is InChI=1S/C24H31N5O3/c1-17(30)25-11-13-29-24-21(7-4-10-26-24)23(27-29)18-6-5-12-28(15-18)16-19-14-20(31-2)8-9-22(19)32-3/h4,7-10,14,18H,5-6,11-13,15-16H2,1-3H3,(H,25,30)/t18-/m1/s1. The molecule has 170 valence electrons. The van der Waals surface area contributed by atoms with Crippen LogP contribution in [0.1, 0.15) is 36.9 Å². The number of pyridine rings is 1. The predicted octanol–water partition coefficient (Wildman–Crippen LogP) is 2.96. The second kappa shape index (κ2) is 9.99. The fourth-order valence-electron chi connectivity index (χ4n) is 4.50. The van der Waals surface area contributed by atoms with Gasteiger partial charge in [0.25, 0.3) is 0 Å². The Morgan fingerprint density at radius 1 is 1.25 bits per heavy atom. The van der Waals surface area contributed by atoms with E-state index in [2.05, 4.69) is 27.3 Å². The number of ether oxygens (including phenoxy) is 2. The van der Waals surface area contributed by atoms with Gasteiger partial charge in [0.15, 0.2) is 5.65 Å². The van der Waals surface area contributed by atoms with E-state index < -0.39 is 0 Å². The van der Waals surface area contributed by atoms with E-state index in [1.54, 1.807) is 20.4 Å². The van der Waals surface area contributed by atoms with Crippen molar-refractivity contribution in [2.45, 2.75) is 38.8 Å².